The summed E-state index contributed by atoms with van der Waals surface area (Å²) in [5, 5.41) is 9.03. The van der Waals surface area contributed by atoms with Crippen LogP contribution in [-0.2, 0) is 13.2 Å². The number of carbonyl (C=O) groups is 1. The molecule has 1 aliphatic rings. The number of nitrogens with zero attached hydrogens (tertiary/aromatic N) is 2. The lowest BCUT2D eigenvalue weighted by Gasteiger charge is -2.34. The molecule has 0 bridgehead atoms. The Morgan fingerprint density at radius 2 is 1.70 bits per heavy atom. The van der Waals surface area contributed by atoms with E-state index in [1.54, 1.807) is 6.07 Å². The highest BCUT2D eigenvalue weighted by Crippen LogP contribution is 2.14. The van der Waals surface area contributed by atoms with Crippen LogP contribution in [0.2, 0.25) is 0 Å². The highest BCUT2D eigenvalue weighted by Gasteiger charge is 2.22. The van der Waals surface area contributed by atoms with E-state index in [2.05, 4.69) is 4.90 Å². The third-order valence-electron chi connectivity index (χ3n) is 4.21. The minimum Gasteiger partial charge on any atom is -0.462 e. The van der Waals surface area contributed by atoms with Crippen molar-refractivity contribution in [3.8, 4) is 0 Å². The molecule has 1 aromatic heterocycles. The maximum atomic E-state index is 12.5. The number of rotatable bonds is 4. The summed E-state index contributed by atoms with van der Waals surface area (Å²) in [4.78, 5) is 16.6. The molecule has 0 radical (unpaired) electrons. The molecule has 0 spiro atoms. The van der Waals surface area contributed by atoms with E-state index in [1.807, 2.05) is 42.2 Å². The van der Waals surface area contributed by atoms with Crippen molar-refractivity contribution in [2.75, 3.05) is 26.2 Å². The molecule has 0 atom stereocenters. The van der Waals surface area contributed by atoms with Gasteiger partial charge in [-0.25, -0.2) is 0 Å². The number of piperazine rings is 1. The molecule has 1 N–H and O–H groups in total. The number of aryl methyl sites for hydroxylation is 1. The second kappa shape index (κ2) is 6.98. The molecule has 5 nitrogen and oxygen atoms in total. The molecule has 1 fully saturated rings. The topological polar surface area (TPSA) is 56.9 Å². The van der Waals surface area contributed by atoms with Gasteiger partial charge >= 0.3 is 0 Å². The van der Waals surface area contributed by atoms with Gasteiger partial charge in [-0.2, -0.15) is 0 Å². The van der Waals surface area contributed by atoms with Crippen molar-refractivity contribution in [1.82, 2.24) is 9.80 Å². The summed E-state index contributed by atoms with van der Waals surface area (Å²) in [5.74, 6) is 1.55. The monoisotopic (exact) mass is 314 g/mol. The third kappa shape index (κ3) is 3.81. The predicted octanol–water partition coefficient (Wildman–Crippen LogP) is 2.04. The molecule has 1 aliphatic heterocycles. The standard InChI is InChI=1S/C18H22N2O3/c1-14-2-4-15(5-3-14)18(22)20-10-8-19(9-11-20)12-16-6-7-17(13-21)23-16/h2-7,21H,8-13H2,1H3. The van der Waals surface area contributed by atoms with Gasteiger partial charge in [-0.15, -0.1) is 0 Å². The Hall–Kier alpha value is -2.11. The Kier molecular flexibility index (Phi) is 4.79. The second-order valence-corrected chi connectivity index (χ2v) is 5.96. The predicted molar refractivity (Wildman–Crippen MR) is 87.0 cm³/mol. The van der Waals surface area contributed by atoms with Crippen LogP contribution in [0.3, 0.4) is 0 Å². The van der Waals surface area contributed by atoms with Gasteiger partial charge in [0.25, 0.3) is 5.91 Å². The first-order valence-electron chi connectivity index (χ1n) is 7.92. The average molecular weight is 314 g/mol. The van der Waals surface area contributed by atoms with Crippen LogP contribution in [0.25, 0.3) is 0 Å². The minimum absolute atomic E-state index is 0.0706. The quantitative estimate of drug-likeness (QED) is 0.938. The summed E-state index contributed by atoms with van der Waals surface area (Å²) in [6.07, 6.45) is 0. The van der Waals surface area contributed by atoms with Gasteiger partial charge in [-0.05, 0) is 31.2 Å². The van der Waals surface area contributed by atoms with E-state index in [0.717, 1.165) is 43.1 Å². The number of aliphatic hydroxyl groups is 1. The highest BCUT2D eigenvalue weighted by atomic mass is 16.4. The van der Waals surface area contributed by atoms with E-state index in [9.17, 15) is 4.79 Å². The van der Waals surface area contributed by atoms with E-state index >= 15 is 0 Å². The van der Waals surface area contributed by atoms with Gasteiger partial charge in [0, 0.05) is 31.7 Å². The zero-order valence-corrected chi connectivity index (χ0v) is 13.4. The normalized spacial score (nSPS) is 15.8. The Labute approximate surface area is 136 Å². The van der Waals surface area contributed by atoms with Crippen LogP contribution in [-0.4, -0.2) is 47.0 Å². The number of aliphatic hydroxyl groups excluding tert-OH is 1. The molecule has 1 amide bonds. The lowest BCUT2D eigenvalue weighted by molar-refractivity contribution is 0.0619. The van der Waals surface area contributed by atoms with Crippen molar-refractivity contribution in [3.63, 3.8) is 0 Å². The first-order valence-corrected chi connectivity index (χ1v) is 7.92. The Morgan fingerprint density at radius 3 is 2.30 bits per heavy atom. The number of benzene rings is 1. The third-order valence-corrected chi connectivity index (χ3v) is 4.21. The van der Waals surface area contributed by atoms with Crippen molar-refractivity contribution in [2.24, 2.45) is 0 Å². The number of amides is 1. The van der Waals surface area contributed by atoms with Crippen LogP contribution in [0.1, 0.15) is 27.4 Å². The summed E-state index contributed by atoms with van der Waals surface area (Å²) >= 11 is 0. The largest absolute Gasteiger partial charge is 0.462 e. The van der Waals surface area contributed by atoms with Crippen LogP contribution in [0, 0.1) is 6.92 Å². The van der Waals surface area contributed by atoms with E-state index < -0.39 is 0 Å². The fourth-order valence-electron chi connectivity index (χ4n) is 2.80. The van der Waals surface area contributed by atoms with Crippen LogP contribution in [0.15, 0.2) is 40.8 Å². The molecular weight excluding hydrogens is 292 g/mol. The lowest BCUT2D eigenvalue weighted by Crippen LogP contribution is -2.48. The van der Waals surface area contributed by atoms with Crippen LogP contribution in [0.5, 0.6) is 0 Å². The molecule has 0 unspecified atom stereocenters. The van der Waals surface area contributed by atoms with Gasteiger partial charge in [0.15, 0.2) is 0 Å². The second-order valence-electron chi connectivity index (χ2n) is 5.96. The van der Waals surface area contributed by atoms with Crippen molar-refractivity contribution < 1.29 is 14.3 Å². The molecular formula is C18H22N2O3. The van der Waals surface area contributed by atoms with Crippen LogP contribution >= 0.6 is 0 Å². The molecule has 0 aliphatic carbocycles. The molecule has 0 saturated carbocycles. The van der Waals surface area contributed by atoms with Gasteiger partial charge < -0.3 is 14.4 Å². The number of hydrogen-bond donors (Lipinski definition) is 1. The molecule has 122 valence electrons. The minimum atomic E-state index is -0.0706. The SMILES string of the molecule is Cc1ccc(C(=O)N2CCN(Cc3ccc(CO)o3)CC2)cc1. The molecule has 3 rings (SSSR count). The van der Waals surface area contributed by atoms with E-state index in [-0.39, 0.29) is 12.5 Å². The molecule has 2 heterocycles. The molecule has 23 heavy (non-hydrogen) atoms. The molecule has 1 aromatic carbocycles. The van der Waals surface area contributed by atoms with Crippen LogP contribution < -0.4 is 0 Å². The zero-order valence-electron chi connectivity index (χ0n) is 13.4. The molecule has 1 saturated heterocycles. The lowest BCUT2D eigenvalue weighted by atomic mass is 10.1. The number of carbonyl (C=O) groups excluding carboxylic acids is 1. The summed E-state index contributed by atoms with van der Waals surface area (Å²) < 4.78 is 5.52. The van der Waals surface area contributed by atoms with Crippen molar-refractivity contribution in [1.29, 1.82) is 0 Å². The highest BCUT2D eigenvalue weighted by molar-refractivity contribution is 5.94. The Balaban J connectivity index is 1.53. The van der Waals surface area contributed by atoms with Gasteiger partial charge in [-0.1, -0.05) is 17.7 Å². The summed E-state index contributed by atoms with van der Waals surface area (Å²) in [5.41, 5.74) is 1.91. The fraction of sp³-hybridized carbons (Fsp3) is 0.389. The first-order chi connectivity index (χ1) is 11.2. The summed E-state index contributed by atoms with van der Waals surface area (Å²) in [7, 11) is 0. The number of furan rings is 1. The maximum absolute atomic E-state index is 12.5. The van der Waals surface area contributed by atoms with E-state index in [1.165, 1.54) is 0 Å². The fourth-order valence-corrected chi connectivity index (χ4v) is 2.80. The molecule has 2 aromatic rings. The Morgan fingerprint density at radius 1 is 1.04 bits per heavy atom. The average Bonchev–Trinajstić information content (AvgIpc) is 3.03. The van der Waals surface area contributed by atoms with Gasteiger partial charge in [0.05, 0.1) is 6.54 Å². The first kappa shape index (κ1) is 15.8. The van der Waals surface area contributed by atoms with Gasteiger partial charge in [-0.3, -0.25) is 9.69 Å². The van der Waals surface area contributed by atoms with Gasteiger partial charge in [0.2, 0.25) is 0 Å². The van der Waals surface area contributed by atoms with Crippen molar-refractivity contribution >= 4 is 5.91 Å². The zero-order chi connectivity index (χ0) is 16.2. The molecule has 5 heteroatoms. The summed E-state index contributed by atoms with van der Waals surface area (Å²) in [6, 6.07) is 11.4. The van der Waals surface area contributed by atoms with E-state index in [0.29, 0.717) is 12.3 Å². The van der Waals surface area contributed by atoms with Crippen molar-refractivity contribution in [3.05, 3.63) is 59.0 Å². The van der Waals surface area contributed by atoms with Crippen LogP contribution in [0.4, 0.5) is 0 Å². The Bertz CT molecular complexity index is 655. The smallest absolute Gasteiger partial charge is 0.253 e. The number of hydrogen-bond acceptors (Lipinski definition) is 4. The van der Waals surface area contributed by atoms with Gasteiger partial charge in [0.1, 0.15) is 18.1 Å². The maximum Gasteiger partial charge on any atom is 0.253 e. The van der Waals surface area contributed by atoms with E-state index in [4.69, 9.17) is 9.52 Å². The van der Waals surface area contributed by atoms with Crippen molar-refractivity contribution in [2.45, 2.75) is 20.1 Å². The summed E-state index contributed by atoms with van der Waals surface area (Å²) in [6.45, 7) is 5.76.